The number of rotatable bonds is 3. The number of anilines is 1. The third kappa shape index (κ3) is 2.82. The number of aryl methyl sites for hydroxylation is 2. The summed E-state index contributed by atoms with van der Waals surface area (Å²) in [6.07, 6.45) is 1.41. The molecule has 0 aliphatic carbocycles. The predicted octanol–water partition coefficient (Wildman–Crippen LogP) is 2.59. The van der Waals surface area contributed by atoms with Gasteiger partial charge < -0.3 is 5.32 Å². The van der Waals surface area contributed by atoms with Gasteiger partial charge in [-0.3, -0.25) is 4.79 Å². The lowest BCUT2D eigenvalue weighted by Crippen LogP contribution is -2.13. The van der Waals surface area contributed by atoms with Crippen LogP contribution in [0.1, 0.15) is 21.7 Å². The Bertz CT molecular complexity index is 779. The molecular formula is C14H13N5OS. The summed E-state index contributed by atoms with van der Waals surface area (Å²) in [5.74, 6) is 0.884. The van der Waals surface area contributed by atoms with Gasteiger partial charge in [-0.25, -0.2) is 14.6 Å². The smallest absolute Gasteiger partial charge is 0.257 e. The van der Waals surface area contributed by atoms with Crippen LogP contribution >= 0.6 is 11.3 Å². The van der Waals surface area contributed by atoms with Gasteiger partial charge in [-0.1, -0.05) is 0 Å². The first-order valence-electron chi connectivity index (χ1n) is 6.33. The van der Waals surface area contributed by atoms with E-state index >= 15 is 0 Å². The highest BCUT2D eigenvalue weighted by atomic mass is 32.1. The largest absolute Gasteiger partial charge is 0.306 e. The minimum Gasteiger partial charge on any atom is -0.306 e. The van der Waals surface area contributed by atoms with Gasteiger partial charge in [0.25, 0.3) is 5.91 Å². The van der Waals surface area contributed by atoms with Crippen molar-refractivity contribution < 1.29 is 4.79 Å². The molecule has 0 saturated heterocycles. The van der Waals surface area contributed by atoms with Crippen molar-refractivity contribution >= 4 is 23.1 Å². The van der Waals surface area contributed by atoms with E-state index in [1.54, 1.807) is 22.2 Å². The molecule has 0 unspecified atom stereocenters. The van der Waals surface area contributed by atoms with Crippen LogP contribution in [-0.2, 0) is 0 Å². The first kappa shape index (κ1) is 13.4. The molecule has 0 fully saturated rings. The van der Waals surface area contributed by atoms with Crippen LogP contribution in [0.4, 0.5) is 5.82 Å². The lowest BCUT2D eigenvalue weighted by Gasteiger charge is -2.06. The van der Waals surface area contributed by atoms with Crippen LogP contribution in [0.3, 0.4) is 0 Å². The molecule has 3 aromatic rings. The van der Waals surface area contributed by atoms with E-state index < -0.39 is 0 Å². The van der Waals surface area contributed by atoms with Crippen molar-refractivity contribution in [3.05, 3.63) is 52.2 Å². The van der Waals surface area contributed by atoms with Crippen molar-refractivity contribution in [3.8, 4) is 5.82 Å². The van der Waals surface area contributed by atoms with E-state index in [2.05, 4.69) is 20.4 Å². The third-order valence-corrected chi connectivity index (χ3v) is 3.59. The van der Waals surface area contributed by atoms with Gasteiger partial charge in [-0.15, -0.1) is 0 Å². The maximum atomic E-state index is 12.0. The molecule has 106 valence electrons. The summed E-state index contributed by atoms with van der Waals surface area (Å²) >= 11 is 1.48. The van der Waals surface area contributed by atoms with Gasteiger partial charge in [0, 0.05) is 17.1 Å². The summed E-state index contributed by atoms with van der Waals surface area (Å²) in [6, 6.07) is 5.43. The molecule has 0 spiro atoms. The minimum atomic E-state index is -0.186. The van der Waals surface area contributed by atoms with Crippen molar-refractivity contribution in [3.63, 3.8) is 0 Å². The molecule has 3 rings (SSSR count). The Morgan fingerprint density at radius 1 is 1.29 bits per heavy atom. The van der Waals surface area contributed by atoms with Crippen molar-refractivity contribution in [2.45, 2.75) is 13.8 Å². The standard InChI is InChI=1S/C14H13N5OS/c1-9-5-10(2)19(18-9)13-6-12(15-8-16-13)17-14(20)11-3-4-21-7-11/h3-8H,1-2H3,(H,15,16,17,20). The number of aromatic nitrogens is 4. The Kier molecular flexibility index (Phi) is 3.49. The summed E-state index contributed by atoms with van der Waals surface area (Å²) in [6.45, 7) is 3.87. The summed E-state index contributed by atoms with van der Waals surface area (Å²) in [7, 11) is 0. The van der Waals surface area contributed by atoms with Crippen molar-refractivity contribution in [1.29, 1.82) is 0 Å². The predicted molar refractivity (Wildman–Crippen MR) is 80.9 cm³/mol. The molecule has 0 aliphatic heterocycles. The fraction of sp³-hybridized carbons (Fsp3) is 0.143. The third-order valence-electron chi connectivity index (χ3n) is 2.90. The average molecular weight is 299 g/mol. The van der Waals surface area contributed by atoms with E-state index in [-0.39, 0.29) is 5.91 Å². The molecule has 0 aromatic carbocycles. The van der Waals surface area contributed by atoms with Gasteiger partial charge in [0.05, 0.1) is 11.3 Å². The number of hydrogen-bond acceptors (Lipinski definition) is 5. The van der Waals surface area contributed by atoms with Crippen LogP contribution in [0.5, 0.6) is 0 Å². The van der Waals surface area contributed by atoms with Crippen LogP contribution in [0.25, 0.3) is 5.82 Å². The van der Waals surface area contributed by atoms with E-state index in [9.17, 15) is 4.79 Å². The van der Waals surface area contributed by atoms with Crippen LogP contribution in [0.2, 0.25) is 0 Å². The Balaban J connectivity index is 1.87. The molecule has 1 N–H and O–H groups in total. The second kappa shape index (κ2) is 5.45. The van der Waals surface area contributed by atoms with Crippen LogP contribution in [0, 0.1) is 13.8 Å². The van der Waals surface area contributed by atoms with E-state index in [1.807, 2.05) is 25.3 Å². The number of carbonyl (C=O) groups is 1. The van der Waals surface area contributed by atoms with Crippen molar-refractivity contribution in [2.24, 2.45) is 0 Å². The first-order chi connectivity index (χ1) is 10.1. The zero-order valence-electron chi connectivity index (χ0n) is 11.6. The Morgan fingerprint density at radius 3 is 2.81 bits per heavy atom. The topological polar surface area (TPSA) is 72.7 Å². The fourth-order valence-corrected chi connectivity index (χ4v) is 2.61. The molecule has 0 saturated carbocycles. The number of carbonyl (C=O) groups excluding carboxylic acids is 1. The van der Waals surface area contributed by atoms with Crippen LogP contribution in [-0.4, -0.2) is 25.7 Å². The van der Waals surface area contributed by atoms with Gasteiger partial charge in [0.15, 0.2) is 5.82 Å². The Morgan fingerprint density at radius 2 is 2.14 bits per heavy atom. The second-order valence-corrected chi connectivity index (χ2v) is 5.35. The molecule has 1 amide bonds. The lowest BCUT2D eigenvalue weighted by atomic mass is 10.3. The number of nitrogens with zero attached hydrogens (tertiary/aromatic N) is 4. The number of nitrogens with one attached hydrogen (secondary N) is 1. The van der Waals surface area contributed by atoms with E-state index in [1.165, 1.54) is 17.7 Å². The molecule has 0 bridgehead atoms. The minimum absolute atomic E-state index is 0.186. The van der Waals surface area contributed by atoms with E-state index in [4.69, 9.17) is 0 Å². The molecule has 0 radical (unpaired) electrons. The molecule has 0 atom stereocenters. The van der Waals surface area contributed by atoms with Crippen LogP contribution in [0.15, 0.2) is 35.3 Å². The highest BCUT2D eigenvalue weighted by molar-refractivity contribution is 7.08. The lowest BCUT2D eigenvalue weighted by molar-refractivity contribution is 0.102. The molecule has 3 heterocycles. The Hall–Kier alpha value is -2.54. The van der Waals surface area contributed by atoms with Crippen molar-refractivity contribution in [2.75, 3.05) is 5.32 Å². The summed E-state index contributed by atoms with van der Waals surface area (Å²) in [5, 5.41) is 10.8. The van der Waals surface area contributed by atoms with Gasteiger partial charge in [0.2, 0.25) is 0 Å². The molecule has 3 aromatic heterocycles. The summed E-state index contributed by atoms with van der Waals surface area (Å²) in [4.78, 5) is 20.3. The molecule has 7 heteroatoms. The normalized spacial score (nSPS) is 10.6. The highest BCUT2D eigenvalue weighted by Gasteiger charge is 2.10. The quantitative estimate of drug-likeness (QED) is 0.807. The molecule has 0 aliphatic rings. The zero-order chi connectivity index (χ0) is 14.8. The van der Waals surface area contributed by atoms with Gasteiger partial charge >= 0.3 is 0 Å². The van der Waals surface area contributed by atoms with Gasteiger partial charge in [0.1, 0.15) is 12.1 Å². The SMILES string of the molecule is Cc1cc(C)n(-c2cc(NC(=O)c3ccsc3)ncn2)n1. The van der Waals surface area contributed by atoms with Crippen molar-refractivity contribution in [1.82, 2.24) is 19.7 Å². The average Bonchev–Trinajstić information content (AvgIpc) is 3.08. The zero-order valence-corrected chi connectivity index (χ0v) is 12.4. The maximum Gasteiger partial charge on any atom is 0.257 e. The summed E-state index contributed by atoms with van der Waals surface area (Å²) < 4.78 is 1.72. The molecular weight excluding hydrogens is 286 g/mol. The monoisotopic (exact) mass is 299 g/mol. The first-order valence-corrected chi connectivity index (χ1v) is 7.27. The Labute approximate surface area is 125 Å². The fourth-order valence-electron chi connectivity index (χ4n) is 1.97. The highest BCUT2D eigenvalue weighted by Crippen LogP contribution is 2.14. The number of hydrogen-bond donors (Lipinski definition) is 1. The van der Waals surface area contributed by atoms with E-state index in [0.29, 0.717) is 17.2 Å². The van der Waals surface area contributed by atoms with Gasteiger partial charge in [-0.2, -0.15) is 16.4 Å². The summed E-state index contributed by atoms with van der Waals surface area (Å²) in [5.41, 5.74) is 2.50. The second-order valence-electron chi connectivity index (χ2n) is 4.57. The molecule has 21 heavy (non-hydrogen) atoms. The van der Waals surface area contributed by atoms with E-state index in [0.717, 1.165) is 11.4 Å². The van der Waals surface area contributed by atoms with Crippen LogP contribution < -0.4 is 5.32 Å². The molecule has 6 nitrogen and oxygen atoms in total. The number of amides is 1. The number of thiophene rings is 1. The van der Waals surface area contributed by atoms with Gasteiger partial charge in [-0.05, 0) is 31.4 Å². The maximum absolute atomic E-state index is 12.0.